The van der Waals surface area contributed by atoms with E-state index in [1.807, 2.05) is 29.2 Å². The molecule has 3 aromatic rings. The van der Waals surface area contributed by atoms with Crippen LogP contribution in [0.4, 0.5) is 16.2 Å². The molecule has 5 rings (SSSR count). The number of nitrogens with one attached hydrogen (secondary N) is 1. The molecule has 2 atom stereocenters. The minimum atomic E-state index is -0.620. The van der Waals surface area contributed by atoms with Crippen LogP contribution in [0, 0.1) is 5.82 Å². The average molecular weight is 595 g/mol. The predicted molar refractivity (Wildman–Crippen MR) is 163 cm³/mol. The maximum Gasteiger partial charge on any atom is 0.246 e. The van der Waals surface area contributed by atoms with E-state index < -0.39 is 17.8 Å². The fraction of sp³-hybridized carbons (Fsp3) is 0.419. The Hall–Kier alpha value is -3.76. The molecule has 11 heteroatoms. The van der Waals surface area contributed by atoms with Crippen molar-refractivity contribution in [1.29, 1.82) is 0 Å². The Kier molecular flexibility index (Phi) is 8.93. The number of allylic oxidation sites excluding steroid dienone is 1. The molecule has 2 aliphatic rings. The van der Waals surface area contributed by atoms with Gasteiger partial charge in [-0.05, 0) is 43.0 Å². The van der Waals surface area contributed by atoms with Gasteiger partial charge in [0.2, 0.25) is 17.8 Å². The van der Waals surface area contributed by atoms with E-state index in [4.69, 9.17) is 16.6 Å². The monoisotopic (exact) mass is 594 g/mol. The van der Waals surface area contributed by atoms with E-state index in [-0.39, 0.29) is 41.3 Å². The van der Waals surface area contributed by atoms with Crippen LogP contribution in [-0.4, -0.2) is 89.6 Å². The number of aromatic nitrogens is 2. The zero-order valence-corrected chi connectivity index (χ0v) is 24.9. The van der Waals surface area contributed by atoms with E-state index in [9.17, 15) is 14.7 Å². The van der Waals surface area contributed by atoms with Crippen LogP contribution in [0.25, 0.3) is 10.9 Å². The van der Waals surface area contributed by atoms with Gasteiger partial charge in [0.15, 0.2) is 5.82 Å². The van der Waals surface area contributed by atoms with Gasteiger partial charge in [-0.2, -0.15) is 4.98 Å². The number of fused-ring (bicyclic) bond motifs is 2. The number of hydrogen-bond acceptors (Lipinski definition) is 7. The summed E-state index contributed by atoms with van der Waals surface area (Å²) in [6, 6.07) is 9.45. The minimum absolute atomic E-state index is 0.0497. The molecule has 2 aromatic carbocycles. The van der Waals surface area contributed by atoms with Crippen LogP contribution in [0.1, 0.15) is 42.4 Å². The van der Waals surface area contributed by atoms with E-state index in [1.165, 1.54) is 4.90 Å². The molecule has 1 aliphatic carbocycles. The highest BCUT2D eigenvalue weighted by Crippen LogP contribution is 2.43. The molecule has 2 heterocycles. The van der Waals surface area contributed by atoms with Gasteiger partial charge in [0.1, 0.15) is 11.3 Å². The Morgan fingerprint density at radius 2 is 1.93 bits per heavy atom. The van der Waals surface area contributed by atoms with Crippen LogP contribution < -0.4 is 10.2 Å². The third kappa shape index (κ3) is 6.05. The molecule has 1 aromatic heterocycles. The predicted octanol–water partition coefficient (Wildman–Crippen LogP) is 3.98. The lowest BCUT2D eigenvalue weighted by molar-refractivity contribution is -0.128. The van der Waals surface area contributed by atoms with Gasteiger partial charge < -0.3 is 25.1 Å². The first-order valence-corrected chi connectivity index (χ1v) is 14.6. The molecule has 2 amide bonds. The van der Waals surface area contributed by atoms with Gasteiger partial charge in [-0.25, -0.2) is 9.37 Å². The lowest BCUT2D eigenvalue weighted by atomic mass is 9.77. The number of aliphatic hydroxyl groups is 1. The van der Waals surface area contributed by atoms with Crippen LogP contribution in [0.5, 0.6) is 0 Å². The van der Waals surface area contributed by atoms with Gasteiger partial charge in [0, 0.05) is 75.1 Å². The average Bonchev–Trinajstić information content (AvgIpc) is 2.97. The summed E-state index contributed by atoms with van der Waals surface area (Å²) in [6.07, 6.45) is 3.72. The normalized spacial score (nSPS) is 18.8. The summed E-state index contributed by atoms with van der Waals surface area (Å²) in [6.45, 7) is 4.05. The molecule has 0 saturated carbocycles. The second-order valence-electron chi connectivity index (χ2n) is 11.0. The smallest absolute Gasteiger partial charge is 0.246 e. The number of halogens is 2. The van der Waals surface area contributed by atoms with Crippen molar-refractivity contribution >= 4 is 46.1 Å². The Balaban J connectivity index is 1.56. The Bertz CT molecular complexity index is 1520. The van der Waals surface area contributed by atoms with E-state index in [1.54, 1.807) is 44.1 Å². The molecule has 0 spiro atoms. The first-order valence-electron chi connectivity index (χ1n) is 14.2. The Labute approximate surface area is 250 Å². The number of anilines is 2. The Morgan fingerprint density at radius 3 is 2.64 bits per heavy atom. The fourth-order valence-electron chi connectivity index (χ4n) is 5.80. The van der Waals surface area contributed by atoms with Crippen molar-refractivity contribution in [2.24, 2.45) is 0 Å². The van der Waals surface area contributed by atoms with Gasteiger partial charge in [-0.3, -0.25) is 9.59 Å². The molecule has 1 fully saturated rings. The maximum absolute atomic E-state index is 16.6. The van der Waals surface area contributed by atoms with Crippen LogP contribution in [0.3, 0.4) is 0 Å². The molecule has 1 saturated heterocycles. The summed E-state index contributed by atoms with van der Waals surface area (Å²) in [5, 5.41) is 14.5. The summed E-state index contributed by atoms with van der Waals surface area (Å²) in [4.78, 5) is 39.1. The molecule has 2 N–H and O–H groups in total. The molecule has 0 bridgehead atoms. The number of carbonyl (C=O) groups excluding carboxylic acids is 2. The second-order valence-corrected chi connectivity index (χ2v) is 11.4. The lowest BCUT2D eigenvalue weighted by Gasteiger charge is -2.35. The highest BCUT2D eigenvalue weighted by Gasteiger charge is 2.33. The van der Waals surface area contributed by atoms with Crippen molar-refractivity contribution in [1.82, 2.24) is 19.8 Å². The summed E-state index contributed by atoms with van der Waals surface area (Å²) in [5.41, 5.74) is 2.33. The lowest BCUT2D eigenvalue weighted by Crippen LogP contribution is -2.48. The second kappa shape index (κ2) is 12.6. The molecule has 1 unspecified atom stereocenters. The molecule has 42 heavy (non-hydrogen) atoms. The van der Waals surface area contributed by atoms with Gasteiger partial charge in [0.05, 0.1) is 6.10 Å². The quantitative estimate of drug-likeness (QED) is 0.399. The van der Waals surface area contributed by atoms with Crippen molar-refractivity contribution in [2.75, 3.05) is 57.0 Å². The fourth-order valence-corrected chi connectivity index (χ4v) is 6.12. The summed E-state index contributed by atoms with van der Waals surface area (Å²) >= 11 is 6.84. The number of nitrogens with zero attached hydrogens (tertiary/aromatic N) is 5. The van der Waals surface area contributed by atoms with Gasteiger partial charge >= 0.3 is 0 Å². The first kappa shape index (κ1) is 29.7. The number of rotatable bonds is 7. The van der Waals surface area contributed by atoms with Crippen molar-refractivity contribution in [3.05, 3.63) is 70.0 Å². The SMILES string of the molecule is C/C=C/C(=O)N1CCN(c2nc(NCCC(=O)N(C)C)nc3c(F)c([C@H]4CC(O)Cc5ccccc54)c(Cl)cc23)CC1. The summed E-state index contributed by atoms with van der Waals surface area (Å²) in [7, 11) is 3.38. The van der Waals surface area contributed by atoms with E-state index >= 15 is 4.39 Å². The van der Waals surface area contributed by atoms with Crippen LogP contribution in [-0.2, 0) is 16.0 Å². The van der Waals surface area contributed by atoms with Crippen molar-refractivity contribution in [2.45, 2.75) is 38.2 Å². The number of hydrogen-bond donors (Lipinski definition) is 2. The number of benzene rings is 2. The maximum atomic E-state index is 16.6. The third-order valence-electron chi connectivity index (χ3n) is 7.96. The molecule has 222 valence electrons. The largest absolute Gasteiger partial charge is 0.393 e. The molecular formula is C31H36ClFN6O3. The molecule has 9 nitrogen and oxygen atoms in total. The zero-order valence-electron chi connectivity index (χ0n) is 24.1. The molecule has 1 aliphatic heterocycles. The van der Waals surface area contributed by atoms with Crippen LogP contribution in [0.15, 0.2) is 42.5 Å². The topological polar surface area (TPSA) is 102 Å². The number of carbonyl (C=O) groups is 2. The van der Waals surface area contributed by atoms with Crippen molar-refractivity contribution in [3.63, 3.8) is 0 Å². The zero-order chi connectivity index (χ0) is 30.0. The third-order valence-corrected chi connectivity index (χ3v) is 8.27. The highest BCUT2D eigenvalue weighted by molar-refractivity contribution is 6.32. The highest BCUT2D eigenvalue weighted by atomic mass is 35.5. The van der Waals surface area contributed by atoms with Crippen molar-refractivity contribution < 1.29 is 19.1 Å². The number of piperazine rings is 1. The molecular weight excluding hydrogens is 559 g/mol. The van der Waals surface area contributed by atoms with Crippen LogP contribution in [0.2, 0.25) is 5.02 Å². The number of aliphatic hydroxyl groups excluding tert-OH is 1. The van der Waals surface area contributed by atoms with Crippen molar-refractivity contribution in [3.8, 4) is 0 Å². The van der Waals surface area contributed by atoms with Gasteiger partial charge in [0.25, 0.3) is 0 Å². The van der Waals surface area contributed by atoms with Gasteiger partial charge in [-0.1, -0.05) is 41.9 Å². The van der Waals surface area contributed by atoms with E-state index in [0.29, 0.717) is 55.8 Å². The number of amides is 2. The van der Waals surface area contributed by atoms with Gasteiger partial charge in [-0.15, -0.1) is 0 Å². The van der Waals surface area contributed by atoms with E-state index in [2.05, 4.69) is 10.3 Å². The summed E-state index contributed by atoms with van der Waals surface area (Å²) < 4.78 is 16.6. The molecule has 0 radical (unpaired) electrons. The Morgan fingerprint density at radius 1 is 1.19 bits per heavy atom. The minimum Gasteiger partial charge on any atom is -0.393 e. The summed E-state index contributed by atoms with van der Waals surface area (Å²) in [5.74, 6) is -0.379. The van der Waals surface area contributed by atoms with E-state index in [0.717, 1.165) is 11.1 Å². The first-order chi connectivity index (χ1) is 20.2. The van der Waals surface area contributed by atoms with Crippen LogP contribution >= 0.6 is 11.6 Å². The standard InChI is InChI=1S/C31H36ClFN6O3/c1-4-7-26(42)38-12-14-39(15-13-38)30-23-18-24(32)27(22-17-20(40)16-19-8-5-6-9-21(19)22)28(33)29(23)35-31(36-30)34-11-10-25(41)37(2)3/h4-9,18,20,22,40H,10-17H2,1-3H3,(H,34,35,36)/b7-4+/t20?,22-/m0/s1.